The van der Waals surface area contributed by atoms with Crippen molar-refractivity contribution < 1.29 is 100.0 Å². The molecule has 39 heteroatoms. The first kappa shape index (κ1) is 62.3. The summed E-state index contributed by atoms with van der Waals surface area (Å²) < 4.78 is 62.3. The number of carbonyl (C=O) groups excluding carboxylic acids is 6. The number of amides is 6. The Morgan fingerprint density at radius 3 is 2.23 bits per heavy atom. The van der Waals surface area contributed by atoms with E-state index < -0.39 is 133 Å². The molecule has 1 aliphatic heterocycles. The molecule has 35 nitrogen and oxygen atoms in total. The van der Waals surface area contributed by atoms with Gasteiger partial charge in [0.1, 0.15) is 48.3 Å². The Bertz CT molecular complexity index is 2430. The lowest BCUT2D eigenvalue weighted by Crippen LogP contribution is -2.53. The second kappa shape index (κ2) is 28.1. The number of hydrogen-bond donors (Lipinski definition) is 16. The van der Waals surface area contributed by atoms with Gasteiger partial charge < -0.3 is 89.1 Å². The van der Waals surface area contributed by atoms with Gasteiger partial charge >= 0.3 is 23.5 Å². The summed E-state index contributed by atoms with van der Waals surface area (Å²) in [6.45, 7) is -1.15. The first-order valence-corrected chi connectivity index (χ1v) is 26.9. The van der Waals surface area contributed by atoms with Crippen LogP contribution < -0.4 is 49.5 Å². The van der Waals surface area contributed by atoms with Crippen LogP contribution in [-0.2, 0) is 65.1 Å². The number of nitrogens with two attached hydrogens (primary N) is 4. The Kier molecular flexibility index (Phi) is 23.9. The molecule has 1 fully saturated rings. The number of aliphatic hydroxyl groups excluding tert-OH is 3. The van der Waals surface area contributed by atoms with Gasteiger partial charge in [0.25, 0.3) is 0 Å². The highest BCUT2D eigenvalue weighted by molar-refractivity contribution is 7.99. The number of aliphatic hydroxyl groups is 3. The number of ether oxygens (including phenoxy) is 1. The minimum Gasteiger partial charge on any atom is -0.394 e. The molecule has 3 heterocycles. The lowest BCUT2D eigenvalue weighted by atomic mass is 9.87. The second-order valence-electron chi connectivity index (χ2n) is 16.1. The van der Waals surface area contributed by atoms with Gasteiger partial charge in [-0.05, 0) is 12.8 Å². The average molecular weight is 1120 g/mol. The zero-order valence-electron chi connectivity index (χ0n) is 38.8. The number of nitrogens with zero attached hydrogens (tertiary/aromatic N) is 5. The third-order valence-electron chi connectivity index (χ3n) is 9.76. The third-order valence-corrected chi connectivity index (χ3v) is 13.8. The van der Waals surface area contributed by atoms with Crippen molar-refractivity contribution in [3.8, 4) is 0 Å². The lowest BCUT2D eigenvalue weighted by Gasteiger charge is -2.30. The molecule has 3 unspecified atom stereocenters. The van der Waals surface area contributed by atoms with E-state index in [0.29, 0.717) is 6.42 Å². The number of hydrogen-bond acceptors (Lipinski definition) is 23. The summed E-state index contributed by atoms with van der Waals surface area (Å²) in [5.41, 5.74) is 19.9. The fourth-order valence-electron chi connectivity index (χ4n) is 6.10. The minimum absolute atomic E-state index is 0.0261. The van der Waals surface area contributed by atoms with Crippen LogP contribution in [0.2, 0.25) is 0 Å². The van der Waals surface area contributed by atoms with Crippen LogP contribution in [-0.4, -0.2) is 190 Å². The second-order valence-corrected chi connectivity index (χ2v) is 21.5. The molecule has 73 heavy (non-hydrogen) atoms. The molecule has 2 aromatic rings. The normalized spacial score (nSPS) is 19.8. The summed E-state index contributed by atoms with van der Waals surface area (Å²) in [4.78, 5) is 129. The maximum absolute atomic E-state index is 12.7. The van der Waals surface area contributed by atoms with E-state index in [1.807, 2.05) is 0 Å². The maximum Gasteiger partial charge on any atom is 0.481 e. The number of anilines is 1. The van der Waals surface area contributed by atoms with E-state index in [1.54, 1.807) is 0 Å². The molecular formula is C34H59N14O21P3S. The van der Waals surface area contributed by atoms with Crippen LogP contribution in [0.4, 0.5) is 5.82 Å². The quantitative estimate of drug-likeness (QED) is 0.0140. The van der Waals surface area contributed by atoms with Gasteiger partial charge in [0.2, 0.25) is 35.4 Å². The summed E-state index contributed by atoms with van der Waals surface area (Å²) in [5, 5.41) is 42.8. The highest BCUT2D eigenvalue weighted by Gasteiger charge is 2.50. The number of nitrogen functional groups attached to an aromatic ring is 1. The van der Waals surface area contributed by atoms with E-state index >= 15 is 0 Å². The number of rotatable bonds is 32. The van der Waals surface area contributed by atoms with Gasteiger partial charge in [-0.1, -0.05) is 13.8 Å². The Morgan fingerprint density at radius 2 is 1.59 bits per heavy atom. The number of phosphoric acid groups is 3. The van der Waals surface area contributed by atoms with Gasteiger partial charge in [0, 0.05) is 37.2 Å². The van der Waals surface area contributed by atoms with E-state index in [4.69, 9.17) is 41.2 Å². The Hall–Kier alpha value is -5.00. The van der Waals surface area contributed by atoms with Crippen molar-refractivity contribution in [2.24, 2.45) is 27.6 Å². The molecule has 1 aliphatic rings. The molecule has 0 radical (unpaired) electrons. The van der Waals surface area contributed by atoms with Crippen molar-refractivity contribution in [3.05, 3.63) is 12.7 Å². The number of carbonyl (C=O) groups is 6. The summed E-state index contributed by atoms with van der Waals surface area (Å²) >= 11 is 1.04. The van der Waals surface area contributed by atoms with Crippen LogP contribution in [0, 0.1) is 5.41 Å². The van der Waals surface area contributed by atoms with Crippen LogP contribution in [0.15, 0.2) is 17.6 Å². The van der Waals surface area contributed by atoms with E-state index in [1.165, 1.54) is 13.8 Å². The monoisotopic (exact) mass is 1120 g/mol. The molecule has 20 N–H and O–H groups in total. The molecule has 1 saturated heterocycles. The average Bonchev–Trinajstić information content (AvgIpc) is 3.86. The first-order valence-electron chi connectivity index (χ1n) is 21.2. The topological polar surface area (TPSA) is 562 Å². The van der Waals surface area contributed by atoms with Gasteiger partial charge in [-0.25, -0.2) is 28.6 Å². The molecule has 0 aliphatic carbocycles. The van der Waals surface area contributed by atoms with Gasteiger partial charge in [0.15, 0.2) is 23.7 Å². The van der Waals surface area contributed by atoms with E-state index in [0.717, 1.165) is 29.0 Å². The summed E-state index contributed by atoms with van der Waals surface area (Å²) in [6, 6.07) is -2.50. The predicted molar refractivity (Wildman–Crippen MR) is 250 cm³/mol. The van der Waals surface area contributed by atoms with Crippen LogP contribution in [0.25, 0.3) is 11.2 Å². The smallest absolute Gasteiger partial charge is 0.394 e. The van der Waals surface area contributed by atoms with E-state index in [9.17, 15) is 77.4 Å². The van der Waals surface area contributed by atoms with Crippen molar-refractivity contribution in [2.45, 2.75) is 75.8 Å². The largest absolute Gasteiger partial charge is 0.481 e. The first-order chi connectivity index (χ1) is 34.0. The molecule has 3 rings (SSSR count). The maximum atomic E-state index is 12.7. The molecule has 6 amide bonds. The number of aliphatic imine (C=N–C) groups is 1. The van der Waals surface area contributed by atoms with Crippen LogP contribution in [0.1, 0.15) is 39.3 Å². The van der Waals surface area contributed by atoms with Gasteiger partial charge in [0.05, 0.1) is 38.4 Å². The molecule has 0 bridgehead atoms. The molecule has 9 atom stereocenters. The van der Waals surface area contributed by atoms with Crippen LogP contribution in [0.5, 0.6) is 0 Å². The highest BCUT2D eigenvalue weighted by atomic mass is 32.2. The lowest BCUT2D eigenvalue weighted by molar-refractivity contribution is -0.137. The number of phosphoric ester groups is 3. The Labute approximate surface area is 418 Å². The third kappa shape index (κ3) is 21.0. The van der Waals surface area contributed by atoms with Crippen molar-refractivity contribution in [2.75, 3.05) is 63.2 Å². The van der Waals surface area contributed by atoms with Crippen molar-refractivity contribution >= 4 is 93.6 Å². The van der Waals surface area contributed by atoms with Gasteiger partial charge in [-0.2, -0.15) is 16.1 Å². The highest BCUT2D eigenvalue weighted by Crippen LogP contribution is 2.61. The van der Waals surface area contributed by atoms with E-state index in [-0.39, 0.29) is 66.9 Å². The van der Waals surface area contributed by atoms with Crippen molar-refractivity contribution in [3.63, 3.8) is 0 Å². The number of thioether (sulfide) groups is 1. The number of nitrogens with one attached hydrogen (secondary N) is 5. The number of primary amides is 1. The molecule has 2 aromatic heterocycles. The molecule has 412 valence electrons. The molecule has 0 spiro atoms. The summed E-state index contributed by atoms with van der Waals surface area (Å²) in [7, 11) is -16.5. The summed E-state index contributed by atoms with van der Waals surface area (Å²) in [5.74, 6) is -5.03. The zero-order chi connectivity index (χ0) is 54.9. The zero-order valence-corrected chi connectivity index (χ0v) is 42.3. The van der Waals surface area contributed by atoms with Crippen molar-refractivity contribution in [1.82, 2.24) is 46.1 Å². The van der Waals surface area contributed by atoms with Gasteiger partial charge in [-0.15, -0.1) is 0 Å². The number of guanidine groups is 1. The van der Waals surface area contributed by atoms with Crippen LogP contribution >= 0.6 is 35.2 Å². The van der Waals surface area contributed by atoms with Crippen LogP contribution in [0.3, 0.4) is 0 Å². The number of imidazole rings is 1. The van der Waals surface area contributed by atoms with Crippen molar-refractivity contribution in [1.29, 1.82) is 0 Å². The SMILES string of the molecule is CC(C)(COP(=O)(O)OP(=O)(O)OC[C@H]1O[C@@H](n2cnc3c(N)ncnc32)[C@H](OP(=O)(O)O)[C@@H]1O)C(O)C(=O)NCCC(=O)NCCSCC(=O)N[C@@H](CO)C(=O)NCC(=O)N[C@@H](CCCN=C(N)N)C(N)=O. The Balaban J connectivity index is 1.35. The fourth-order valence-corrected chi connectivity index (χ4v) is 9.56. The van der Waals surface area contributed by atoms with E-state index in [2.05, 4.69) is 50.8 Å². The Morgan fingerprint density at radius 1 is 0.918 bits per heavy atom. The fraction of sp³-hybridized carbons (Fsp3) is 0.647. The molecular weight excluding hydrogens is 1070 g/mol. The molecule has 0 saturated carbocycles. The number of fused-ring (bicyclic) bond motifs is 1. The van der Waals surface area contributed by atoms with Gasteiger partial charge in [-0.3, -0.25) is 51.9 Å². The predicted octanol–water partition coefficient (Wildman–Crippen LogP) is -6.24. The minimum atomic E-state index is -5.60. The standard InChI is InChI=1S/C34H59N14O21P3S/c1-34(2,14-66-72(63,64)69-71(61,62)65-12-19-24(53)25(68-70(58,59)60)32(67-19)48-16-45-23-27(35)43-15-44-29(23)48)26(54)31(57)40-7-5-20(50)39-8-9-73-13-22(52)47-18(11-49)30(56)42-10-21(51)46-17(28(36)55)4-3-6-41-33(37)38/h15-19,24-26,32,49,53-54H,3-14H2,1-2H3,(H2,36,55)(H,39,50)(H,40,57)(H,42,56)(H,46,51)(H,47,52)(H,61,62)(H,63,64)(H2,35,43,44)(H4,37,38,41)(H2,58,59,60)/t17-,18-,19+,24+,25+,26?,32+/m0/s1. The number of aromatic nitrogens is 4. The molecule has 0 aromatic carbocycles. The summed E-state index contributed by atoms with van der Waals surface area (Å²) in [6.07, 6.45) is -6.91.